The van der Waals surface area contributed by atoms with Gasteiger partial charge in [-0.1, -0.05) is 24.3 Å². The second-order valence-corrected chi connectivity index (χ2v) is 7.54. The summed E-state index contributed by atoms with van der Waals surface area (Å²) in [5.41, 5.74) is 0.398. The average Bonchev–Trinajstić information content (AvgIpc) is 3.27. The number of benzene rings is 2. The van der Waals surface area contributed by atoms with E-state index in [-0.39, 0.29) is 17.3 Å². The number of halogens is 1. The second-order valence-electron chi connectivity index (χ2n) is 7.54. The van der Waals surface area contributed by atoms with Crippen molar-refractivity contribution < 1.29 is 13.6 Å². The molecule has 0 N–H and O–H groups in total. The van der Waals surface area contributed by atoms with Gasteiger partial charge in [0, 0.05) is 31.6 Å². The molecule has 0 atom stereocenters. The zero-order chi connectivity index (χ0) is 22.1. The highest BCUT2D eigenvalue weighted by molar-refractivity contribution is 5.96. The van der Waals surface area contributed by atoms with Crippen LogP contribution in [-0.2, 0) is 6.54 Å². The van der Waals surface area contributed by atoms with E-state index in [0.29, 0.717) is 55.2 Å². The molecule has 0 saturated carbocycles. The first-order chi connectivity index (χ1) is 15.6. The van der Waals surface area contributed by atoms with E-state index in [1.165, 1.54) is 16.8 Å². The number of amides is 1. The summed E-state index contributed by atoms with van der Waals surface area (Å²) in [5, 5.41) is 12.4. The lowest BCUT2D eigenvalue weighted by atomic mass is 10.1. The Labute approximate surface area is 181 Å². The maximum Gasteiger partial charge on any atom is 0.349 e. The van der Waals surface area contributed by atoms with E-state index in [4.69, 9.17) is 4.42 Å². The molecule has 32 heavy (non-hydrogen) atoms. The Morgan fingerprint density at radius 2 is 1.84 bits per heavy atom. The molecule has 1 amide bonds. The molecule has 1 aliphatic heterocycles. The number of tetrazole rings is 1. The number of carbonyl (C=O) groups is 1. The molecular formula is C22H19FN6O3. The average molecular weight is 434 g/mol. The van der Waals surface area contributed by atoms with Crippen LogP contribution in [0, 0.1) is 5.82 Å². The van der Waals surface area contributed by atoms with E-state index in [1.54, 1.807) is 41.3 Å². The van der Waals surface area contributed by atoms with Crippen LogP contribution in [-0.4, -0.2) is 62.1 Å². The van der Waals surface area contributed by atoms with Crippen molar-refractivity contribution in [2.24, 2.45) is 0 Å². The predicted octanol–water partition coefficient (Wildman–Crippen LogP) is 1.87. The zero-order valence-corrected chi connectivity index (χ0v) is 17.0. The van der Waals surface area contributed by atoms with Crippen LogP contribution in [0.15, 0.2) is 63.8 Å². The summed E-state index contributed by atoms with van der Waals surface area (Å²) in [7, 11) is 0. The maximum absolute atomic E-state index is 13.6. The highest BCUT2D eigenvalue weighted by atomic mass is 19.1. The molecule has 0 radical (unpaired) electrons. The highest BCUT2D eigenvalue weighted by Gasteiger charge is 2.26. The van der Waals surface area contributed by atoms with Gasteiger partial charge >= 0.3 is 5.63 Å². The first kappa shape index (κ1) is 20.0. The molecule has 3 heterocycles. The summed E-state index contributed by atoms with van der Waals surface area (Å²) in [6.07, 6.45) is 0. The summed E-state index contributed by atoms with van der Waals surface area (Å²) in [5.74, 6) is -0.131. The van der Waals surface area contributed by atoms with Gasteiger partial charge in [-0.3, -0.25) is 9.69 Å². The Hall–Kier alpha value is -3.92. The maximum atomic E-state index is 13.6. The van der Waals surface area contributed by atoms with Crippen molar-refractivity contribution in [3.63, 3.8) is 0 Å². The van der Waals surface area contributed by atoms with Crippen LogP contribution in [0.1, 0.15) is 16.2 Å². The number of hydrogen-bond acceptors (Lipinski definition) is 7. The van der Waals surface area contributed by atoms with Gasteiger partial charge in [0.1, 0.15) is 17.0 Å². The van der Waals surface area contributed by atoms with E-state index in [9.17, 15) is 14.0 Å². The van der Waals surface area contributed by atoms with Gasteiger partial charge in [0.15, 0.2) is 5.82 Å². The van der Waals surface area contributed by atoms with Gasteiger partial charge in [-0.2, -0.15) is 4.68 Å². The van der Waals surface area contributed by atoms with Crippen molar-refractivity contribution in [1.29, 1.82) is 0 Å². The fraction of sp³-hybridized carbons (Fsp3) is 0.227. The predicted molar refractivity (Wildman–Crippen MR) is 113 cm³/mol. The van der Waals surface area contributed by atoms with Gasteiger partial charge in [0.2, 0.25) is 0 Å². The molecule has 0 spiro atoms. The number of fused-ring (bicyclic) bond motifs is 1. The molecule has 1 aliphatic rings. The molecule has 10 heteroatoms. The number of para-hydroxylation sites is 1. The molecule has 1 saturated heterocycles. The fourth-order valence-corrected chi connectivity index (χ4v) is 3.80. The largest absolute Gasteiger partial charge is 0.422 e. The number of rotatable bonds is 4. The third-order valence-electron chi connectivity index (χ3n) is 5.48. The van der Waals surface area contributed by atoms with Crippen molar-refractivity contribution in [3.8, 4) is 5.69 Å². The van der Waals surface area contributed by atoms with Crippen molar-refractivity contribution in [2.45, 2.75) is 6.54 Å². The molecular weight excluding hydrogens is 415 g/mol. The summed E-state index contributed by atoms with van der Waals surface area (Å²) < 4.78 is 20.4. The molecule has 2 aromatic carbocycles. The molecule has 0 aliphatic carbocycles. The lowest BCUT2D eigenvalue weighted by Gasteiger charge is -2.34. The quantitative estimate of drug-likeness (QED) is 0.452. The van der Waals surface area contributed by atoms with Crippen molar-refractivity contribution >= 4 is 16.9 Å². The van der Waals surface area contributed by atoms with E-state index in [0.717, 1.165) is 0 Å². The van der Waals surface area contributed by atoms with Crippen molar-refractivity contribution in [1.82, 2.24) is 30.0 Å². The minimum atomic E-state index is -0.634. The summed E-state index contributed by atoms with van der Waals surface area (Å²) >= 11 is 0. The number of nitrogens with zero attached hydrogens (tertiary/aromatic N) is 6. The molecule has 0 bridgehead atoms. The highest BCUT2D eigenvalue weighted by Crippen LogP contribution is 2.16. The molecule has 2 aromatic heterocycles. The van der Waals surface area contributed by atoms with Crippen molar-refractivity contribution in [2.75, 3.05) is 26.2 Å². The summed E-state index contributed by atoms with van der Waals surface area (Å²) in [6, 6.07) is 14.7. The Kier molecular flexibility index (Phi) is 5.20. The second kappa shape index (κ2) is 8.31. The van der Waals surface area contributed by atoms with Gasteiger partial charge in [-0.15, -0.1) is 5.10 Å². The standard InChI is InChI=1S/C22H19FN6O3/c23-16-5-3-6-17(13-16)29-20(24-25-26-29)14-27-8-10-28(11-9-27)21(30)18-12-15-4-1-2-7-19(15)32-22(18)31/h1-7,12-13H,8-11,14H2. The van der Waals surface area contributed by atoms with Crippen LogP contribution < -0.4 is 5.63 Å². The zero-order valence-electron chi connectivity index (χ0n) is 17.0. The van der Waals surface area contributed by atoms with E-state index in [1.807, 2.05) is 6.07 Å². The minimum Gasteiger partial charge on any atom is -0.422 e. The van der Waals surface area contributed by atoms with E-state index < -0.39 is 5.63 Å². The van der Waals surface area contributed by atoms with Crippen LogP contribution in [0.25, 0.3) is 16.7 Å². The molecule has 9 nitrogen and oxygen atoms in total. The molecule has 162 valence electrons. The lowest BCUT2D eigenvalue weighted by molar-refractivity contribution is 0.0620. The normalized spacial score (nSPS) is 14.7. The molecule has 5 rings (SSSR count). The number of hydrogen-bond donors (Lipinski definition) is 0. The first-order valence-electron chi connectivity index (χ1n) is 10.2. The van der Waals surface area contributed by atoms with Gasteiger partial charge in [0.05, 0.1) is 12.2 Å². The topological polar surface area (TPSA) is 97.4 Å². The number of carbonyl (C=O) groups excluding carboxylic acids is 1. The Balaban J connectivity index is 1.26. The summed E-state index contributed by atoms with van der Waals surface area (Å²) in [6.45, 7) is 2.52. The van der Waals surface area contributed by atoms with Crippen LogP contribution in [0.5, 0.6) is 0 Å². The molecule has 1 fully saturated rings. The fourth-order valence-electron chi connectivity index (χ4n) is 3.80. The number of aromatic nitrogens is 4. The monoisotopic (exact) mass is 434 g/mol. The van der Waals surface area contributed by atoms with Crippen LogP contribution >= 0.6 is 0 Å². The van der Waals surface area contributed by atoms with Gasteiger partial charge in [-0.25, -0.2) is 9.18 Å². The first-order valence-corrected chi connectivity index (χ1v) is 10.2. The van der Waals surface area contributed by atoms with Crippen LogP contribution in [0.3, 0.4) is 0 Å². The smallest absolute Gasteiger partial charge is 0.349 e. The van der Waals surface area contributed by atoms with Crippen LogP contribution in [0.4, 0.5) is 4.39 Å². The van der Waals surface area contributed by atoms with E-state index in [2.05, 4.69) is 20.4 Å². The summed E-state index contributed by atoms with van der Waals surface area (Å²) in [4.78, 5) is 29.0. The SMILES string of the molecule is O=C(c1cc2ccccc2oc1=O)N1CCN(Cc2nnnn2-c2cccc(F)c2)CC1. The third-order valence-corrected chi connectivity index (χ3v) is 5.48. The molecule has 0 unspecified atom stereocenters. The van der Waals surface area contributed by atoms with E-state index >= 15 is 0 Å². The molecule has 4 aromatic rings. The van der Waals surface area contributed by atoms with Gasteiger partial charge < -0.3 is 9.32 Å². The minimum absolute atomic E-state index is 0.0344. The van der Waals surface area contributed by atoms with Crippen molar-refractivity contribution in [3.05, 3.63) is 82.2 Å². The van der Waals surface area contributed by atoms with Gasteiger partial charge in [-0.05, 0) is 40.8 Å². The Morgan fingerprint density at radius 1 is 1.03 bits per heavy atom. The van der Waals surface area contributed by atoms with Gasteiger partial charge in [0.25, 0.3) is 5.91 Å². The number of piperazine rings is 1. The van der Waals surface area contributed by atoms with Crippen LogP contribution in [0.2, 0.25) is 0 Å². The Bertz CT molecular complexity index is 1340. The third kappa shape index (κ3) is 3.87. The lowest BCUT2D eigenvalue weighted by Crippen LogP contribution is -2.49. The Morgan fingerprint density at radius 3 is 2.66 bits per heavy atom.